The van der Waals surface area contributed by atoms with Crippen molar-refractivity contribution in [2.75, 3.05) is 7.11 Å². The van der Waals surface area contributed by atoms with Gasteiger partial charge in [-0.3, -0.25) is 0 Å². The van der Waals surface area contributed by atoms with Crippen LogP contribution in [-0.4, -0.2) is 7.11 Å². The Balaban J connectivity index is 2.85. The van der Waals surface area contributed by atoms with Crippen molar-refractivity contribution in [1.82, 2.24) is 0 Å². The van der Waals surface area contributed by atoms with Gasteiger partial charge in [-0.1, -0.05) is 6.92 Å². The molecule has 1 aromatic rings. The van der Waals surface area contributed by atoms with Gasteiger partial charge in [0.15, 0.2) is 5.75 Å². The summed E-state index contributed by atoms with van der Waals surface area (Å²) in [5, 5.41) is 0. The van der Waals surface area contributed by atoms with Crippen molar-refractivity contribution >= 4 is 0 Å². The molecule has 1 heterocycles. The fraction of sp³-hybridized carbons (Fsp3) is 0.429. The van der Waals surface area contributed by atoms with Crippen molar-refractivity contribution in [3.63, 3.8) is 0 Å². The minimum absolute atomic E-state index is 0.845. The number of aryl methyl sites for hydroxylation is 1. The summed E-state index contributed by atoms with van der Waals surface area (Å²) in [4.78, 5) is 0. The van der Waals surface area contributed by atoms with E-state index in [1.165, 1.54) is 0 Å². The van der Waals surface area contributed by atoms with Gasteiger partial charge in [0.2, 0.25) is 0 Å². The Hall–Kier alpha value is -0.920. The van der Waals surface area contributed by atoms with Gasteiger partial charge >= 0.3 is 0 Å². The van der Waals surface area contributed by atoms with Gasteiger partial charge in [-0.15, -0.1) is 0 Å². The van der Waals surface area contributed by atoms with Crippen LogP contribution in [0.2, 0.25) is 0 Å². The molecule has 0 radical (unpaired) electrons. The van der Waals surface area contributed by atoms with E-state index in [-0.39, 0.29) is 0 Å². The summed E-state index contributed by atoms with van der Waals surface area (Å²) in [5.41, 5.74) is 1.12. The van der Waals surface area contributed by atoms with E-state index in [9.17, 15) is 0 Å². The summed E-state index contributed by atoms with van der Waals surface area (Å²) >= 11 is 0. The van der Waals surface area contributed by atoms with Gasteiger partial charge in [0.25, 0.3) is 0 Å². The molecule has 0 saturated heterocycles. The molecular formula is C7H10O2. The largest absolute Gasteiger partial charge is 0.493 e. The minimum Gasteiger partial charge on any atom is -0.493 e. The van der Waals surface area contributed by atoms with Gasteiger partial charge in [0, 0.05) is 5.56 Å². The second kappa shape index (κ2) is 2.58. The topological polar surface area (TPSA) is 22.4 Å². The molecule has 0 spiro atoms. The van der Waals surface area contributed by atoms with E-state index in [1.807, 2.05) is 0 Å². The zero-order chi connectivity index (χ0) is 6.69. The lowest BCUT2D eigenvalue weighted by Gasteiger charge is -1.94. The Kier molecular flexibility index (Phi) is 1.78. The van der Waals surface area contributed by atoms with Crippen molar-refractivity contribution in [2.45, 2.75) is 13.3 Å². The predicted molar refractivity (Wildman–Crippen MR) is 34.6 cm³/mol. The Morgan fingerprint density at radius 2 is 2.33 bits per heavy atom. The Labute approximate surface area is 54.4 Å². The number of hydrogen-bond donors (Lipinski definition) is 0. The molecule has 9 heavy (non-hydrogen) atoms. The van der Waals surface area contributed by atoms with Crippen molar-refractivity contribution in [2.24, 2.45) is 0 Å². The van der Waals surface area contributed by atoms with Gasteiger partial charge < -0.3 is 9.15 Å². The highest BCUT2D eigenvalue weighted by Crippen LogP contribution is 2.18. The molecule has 0 N–H and O–H groups in total. The molecule has 50 valence electrons. The summed E-state index contributed by atoms with van der Waals surface area (Å²) in [6, 6.07) is 0. The van der Waals surface area contributed by atoms with E-state index >= 15 is 0 Å². The molecule has 1 aromatic heterocycles. The van der Waals surface area contributed by atoms with E-state index in [1.54, 1.807) is 19.6 Å². The lowest BCUT2D eigenvalue weighted by molar-refractivity contribution is 0.403. The van der Waals surface area contributed by atoms with Gasteiger partial charge in [0.05, 0.1) is 13.4 Å². The molecule has 0 atom stereocenters. The molecule has 1 rings (SSSR count). The highest BCUT2D eigenvalue weighted by atomic mass is 16.5. The first-order valence-corrected chi connectivity index (χ1v) is 2.97. The average molecular weight is 126 g/mol. The third-order valence-corrected chi connectivity index (χ3v) is 1.30. The highest BCUT2D eigenvalue weighted by molar-refractivity contribution is 5.27. The SMILES string of the molecule is CCc1cocc1OC. The van der Waals surface area contributed by atoms with E-state index in [4.69, 9.17) is 9.15 Å². The van der Waals surface area contributed by atoms with Crippen LogP contribution in [0.3, 0.4) is 0 Å². The number of hydrogen-bond acceptors (Lipinski definition) is 2. The van der Waals surface area contributed by atoms with Gasteiger partial charge in [-0.05, 0) is 6.42 Å². The fourth-order valence-corrected chi connectivity index (χ4v) is 0.748. The first-order valence-electron chi connectivity index (χ1n) is 2.97. The monoisotopic (exact) mass is 126 g/mol. The first kappa shape index (κ1) is 6.20. The summed E-state index contributed by atoms with van der Waals surface area (Å²) in [7, 11) is 1.64. The molecule has 0 aromatic carbocycles. The van der Waals surface area contributed by atoms with E-state index < -0.39 is 0 Å². The summed E-state index contributed by atoms with van der Waals surface area (Å²) in [6.07, 6.45) is 4.28. The maximum atomic E-state index is 4.98. The molecule has 2 nitrogen and oxygen atoms in total. The van der Waals surface area contributed by atoms with E-state index in [0.717, 1.165) is 17.7 Å². The highest BCUT2D eigenvalue weighted by Gasteiger charge is 2.00. The van der Waals surface area contributed by atoms with Gasteiger partial charge in [-0.2, -0.15) is 0 Å². The Morgan fingerprint density at radius 1 is 1.56 bits per heavy atom. The molecule has 0 amide bonds. The van der Waals surface area contributed by atoms with Crippen molar-refractivity contribution in [3.05, 3.63) is 18.1 Å². The van der Waals surface area contributed by atoms with Crippen LogP contribution < -0.4 is 4.74 Å². The zero-order valence-corrected chi connectivity index (χ0v) is 5.68. The number of ether oxygens (including phenoxy) is 1. The molecule has 0 aliphatic carbocycles. The predicted octanol–water partition coefficient (Wildman–Crippen LogP) is 1.85. The maximum absolute atomic E-state index is 4.98. The molecule has 0 saturated carbocycles. The zero-order valence-electron chi connectivity index (χ0n) is 5.68. The molecule has 0 fully saturated rings. The Bertz CT molecular complexity index is 160. The number of rotatable bonds is 2. The van der Waals surface area contributed by atoms with Crippen LogP contribution in [0, 0.1) is 0 Å². The lowest BCUT2D eigenvalue weighted by Crippen LogP contribution is -1.83. The van der Waals surface area contributed by atoms with Crippen LogP contribution in [0.1, 0.15) is 12.5 Å². The average Bonchev–Trinajstić information content (AvgIpc) is 2.33. The van der Waals surface area contributed by atoms with E-state index in [0.29, 0.717) is 0 Å². The first-order chi connectivity index (χ1) is 4.38. The molecule has 0 bridgehead atoms. The number of methoxy groups -OCH3 is 1. The quantitative estimate of drug-likeness (QED) is 0.603. The van der Waals surface area contributed by atoms with Crippen molar-refractivity contribution in [3.8, 4) is 5.75 Å². The molecule has 2 heteroatoms. The molecular weight excluding hydrogens is 116 g/mol. The summed E-state index contributed by atoms with van der Waals surface area (Å²) in [5.74, 6) is 0.845. The van der Waals surface area contributed by atoms with Crippen LogP contribution in [-0.2, 0) is 6.42 Å². The smallest absolute Gasteiger partial charge is 0.160 e. The van der Waals surface area contributed by atoms with Crippen molar-refractivity contribution < 1.29 is 9.15 Å². The van der Waals surface area contributed by atoms with Crippen LogP contribution in [0.15, 0.2) is 16.9 Å². The van der Waals surface area contributed by atoms with Crippen LogP contribution in [0.5, 0.6) is 5.75 Å². The third kappa shape index (κ3) is 1.07. The molecule has 0 aliphatic heterocycles. The fourth-order valence-electron chi connectivity index (χ4n) is 0.748. The third-order valence-electron chi connectivity index (χ3n) is 1.30. The second-order valence-corrected chi connectivity index (χ2v) is 1.82. The lowest BCUT2D eigenvalue weighted by atomic mass is 10.2. The standard InChI is InChI=1S/C7H10O2/c1-3-6-4-9-5-7(6)8-2/h4-5H,3H2,1-2H3. The van der Waals surface area contributed by atoms with Crippen molar-refractivity contribution in [1.29, 1.82) is 0 Å². The van der Waals surface area contributed by atoms with Crippen LogP contribution in [0.4, 0.5) is 0 Å². The Morgan fingerprint density at radius 3 is 2.78 bits per heavy atom. The second-order valence-electron chi connectivity index (χ2n) is 1.82. The minimum atomic E-state index is 0.845. The molecule has 0 unspecified atom stereocenters. The van der Waals surface area contributed by atoms with Gasteiger partial charge in [-0.25, -0.2) is 0 Å². The summed E-state index contributed by atoms with van der Waals surface area (Å²) in [6.45, 7) is 2.06. The van der Waals surface area contributed by atoms with Crippen LogP contribution >= 0.6 is 0 Å². The summed E-state index contributed by atoms with van der Waals surface area (Å²) < 4.78 is 9.88. The van der Waals surface area contributed by atoms with E-state index in [2.05, 4.69) is 6.92 Å². The van der Waals surface area contributed by atoms with Gasteiger partial charge in [0.1, 0.15) is 6.26 Å². The number of furan rings is 1. The normalized spacial score (nSPS) is 9.56. The van der Waals surface area contributed by atoms with Crippen LogP contribution in [0.25, 0.3) is 0 Å². The molecule has 0 aliphatic rings. The maximum Gasteiger partial charge on any atom is 0.160 e.